The SMILES string of the molecule is CC(C)COCCC(=O)OCCOc1ccccc1F. The average Bonchev–Trinajstić information content (AvgIpc) is 2.41. The lowest BCUT2D eigenvalue weighted by molar-refractivity contribution is -0.145. The van der Waals surface area contributed by atoms with Crippen molar-refractivity contribution in [1.82, 2.24) is 0 Å². The summed E-state index contributed by atoms with van der Waals surface area (Å²) in [4.78, 5) is 11.3. The van der Waals surface area contributed by atoms with E-state index < -0.39 is 5.82 Å². The van der Waals surface area contributed by atoms with Crippen LogP contribution in [0.15, 0.2) is 24.3 Å². The van der Waals surface area contributed by atoms with Gasteiger partial charge in [0.1, 0.15) is 13.2 Å². The van der Waals surface area contributed by atoms with Gasteiger partial charge in [-0.1, -0.05) is 26.0 Å². The second-order valence-corrected chi connectivity index (χ2v) is 4.72. The summed E-state index contributed by atoms with van der Waals surface area (Å²) in [5.41, 5.74) is 0. The van der Waals surface area contributed by atoms with Crippen molar-refractivity contribution in [3.63, 3.8) is 0 Å². The molecule has 112 valence electrons. The second kappa shape index (κ2) is 9.31. The molecular formula is C15H21FO4. The zero-order chi connectivity index (χ0) is 14.8. The Balaban J connectivity index is 2.06. The van der Waals surface area contributed by atoms with Gasteiger partial charge in [0.25, 0.3) is 0 Å². The molecule has 0 unspecified atom stereocenters. The molecule has 0 aliphatic carbocycles. The minimum absolute atomic E-state index is 0.0946. The zero-order valence-corrected chi connectivity index (χ0v) is 11.9. The van der Waals surface area contributed by atoms with Crippen LogP contribution in [0, 0.1) is 11.7 Å². The first-order valence-corrected chi connectivity index (χ1v) is 6.70. The summed E-state index contributed by atoms with van der Waals surface area (Å²) < 4.78 is 28.6. The van der Waals surface area contributed by atoms with Gasteiger partial charge in [-0.15, -0.1) is 0 Å². The highest BCUT2D eigenvalue weighted by molar-refractivity contribution is 5.69. The molecule has 0 fully saturated rings. The molecule has 0 saturated heterocycles. The van der Waals surface area contributed by atoms with Gasteiger partial charge in [-0.3, -0.25) is 4.79 Å². The van der Waals surface area contributed by atoms with Crippen LogP contribution in [0.25, 0.3) is 0 Å². The Kier molecular flexibility index (Phi) is 7.65. The normalized spacial score (nSPS) is 10.6. The Hall–Kier alpha value is -1.62. The van der Waals surface area contributed by atoms with Crippen LogP contribution in [0.5, 0.6) is 5.75 Å². The number of benzene rings is 1. The molecule has 0 amide bonds. The van der Waals surface area contributed by atoms with Gasteiger partial charge in [0.05, 0.1) is 13.0 Å². The molecular weight excluding hydrogens is 263 g/mol. The monoisotopic (exact) mass is 284 g/mol. The molecule has 0 heterocycles. The second-order valence-electron chi connectivity index (χ2n) is 4.72. The lowest BCUT2D eigenvalue weighted by Gasteiger charge is -2.09. The van der Waals surface area contributed by atoms with Gasteiger partial charge in [0, 0.05) is 6.61 Å². The summed E-state index contributed by atoms with van der Waals surface area (Å²) in [7, 11) is 0. The summed E-state index contributed by atoms with van der Waals surface area (Å²) in [5.74, 6) is -0.171. The maximum atomic E-state index is 13.2. The smallest absolute Gasteiger partial charge is 0.308 e. The van der Waals surface area contributed by atoms with Crippen molar-refractivity contribution in [3.05, 3.63) is 30.1 Å². The Labute approximate surface area is 118 Å². The van der Waals surface area contributed by atoms with Crippen molar-refractivity contribution in [3.8, 4) is 5.75 Å². The van der Waals surface area contributed by atoms with Crippen LogP contribution in [0.4, 0.5) is 4.39 Å². The van der Waals surface area contributed by atoms with Gasteiger partial charge in [-0.25, -0.2) is 4.39 Å². The van der Waals surface area contributed by atoms with Crippen molar-refractivity contribution in [2.45, 2.75) is 20.3 Å². The summed E-state index contributed by atoms with van der Waals surface area (Å²) >= 11 is 0. The Bertz CT molecular complexity index is 407. The predicted molar refractivity (Wildman–Crippen MR) is 73.1 cm³/mol. The summed E-state index contributed by atoms with van der Waals surface area (Å²) in [5, 5.41) is 0. The number of rotatable bonds is 9. The summed E-state index contributed by atoms with van der Waals surface area (Å²) in [6.45, 7) is 5.28. The minimum Gasteiger partial charge on any atom is -0.487 e. The van der Waals surface area contributed by atoms with E-state index in [0.717, 1.165) is 0 Å². The minimum atomic E-state index is -0.430. The van der Waals surface area contributed by atoms with Gasteiger partial charge in [-0.05, 0) is 18.1 Å². The molecule has 0 saturated carbocycles. The Morgan fingerprint density at radius 3 is 2.65 bits per heavy atom. The molecule has 0 spiro atoms. The van der Waals surface area contributed by atoms with E-state index in [1.807, 2.05) is 13.8 Å². The molecule has 1 aromatic rings. The molecule has 20 heavy (non-hydrogen) atoms. The molecule has 5 heteroatoms. The Morgan fingerprint density at radius 2 is 1.95 bits per heavy atom. The van der Waals surface area contributed by atoms with Gasteiger partial charge < -0.3 is 14.2 Å². The number of para-hydroxylation sites is 1. The number of halogens is 1. The van der Waals surface area contributed by atoms with E-state index in [0.29, 0.717) is 19.1 Å². The van der Waals surface area contributed by atoms with E-state index >= 15 is 0 Å². The molecule has 0 aromatic heterocycles. The standard InChI is InChI=1S/C15H21FO4/c1-12(2)11-18-8-7-15(17)20-10-9-19-14-6-4-3-5-13(14)16/h3-6,12H,7-11H2,1-2H3. The topological polar surface area (TPSA) is 44.8 Å². The number of carbonyl (C=O) groups is 1. The van der Waals surface area contributed by atoms with Gasteiger partial charge >= 0.3 is 5.97 Å². The number of carbonyl (C=O) groups excluding carboxylic acids is 1. The predicted octanol–water partition coefficient (Wildman–Crippen LogP) is 2.81. The number of esters is 1. The van der Waals surface area contributed by atoms with Crippen molar-refractivity contribution in [2.24, 2.45) is 5.92 Å². The molecule has 1 aromatic carbocycles. The molecule has 1 rings (SSSR count). The summed E-state index contributed by atoms with van der Waals surface area (Å²) in [6.07, 6.45) is 0.215. The van der Waals surface area contributed by atoms with E-state index in [9.17, 15) is 9.18 Å². The van der Waals surface area contributed by atoms with Gasteiger partial charge in [0.2, 0.25) is 0 Å². The molecule has 4 nitrogen and oxygen atoms in total. The van der Waals surface area contributed by atoms with Crippen LogP contribution >= 0.6 is 0 Å². The van der Waals surface area contributed by atoms with Crippen LogP contribution in [0.3, 0.4) is 0 Å². The zero-order valence-electron chi connectivity index (χ0n) is 11.9. The highest BCUT2D eigenvalue weighted by Gasteiger charge is 2.05. The quantitative estimate of drug-likeness (QED) is 0.516. The largest absolute Gasteiger partial charge is 0.487 e. The third-order valence-corrected chi connectivity index (χ3v) is 2.34. The molecule has 0 aliphatic heterocycles. The molecule has 0 aliphatic rings. The third kappa shape index (κ3) is 7.09. The first-order valence-electron chi connectivity index (χ1n) is 6.70. The van der Waals surface area contributed by atoms with Crippen LogP contribution < -0.4 is 4.74 Å². The van der Waals surface area contributed by atoms with E-state index in [1.165, 1.54) is 12.1 Å². The highest BCUT2D eigenvalue weighted by atomic mass is 19.1. The van der Waals surface area contributed by atoms with Crippen LogP contribution in [0.1, 0.15) is 20.3 Å². The lowest BCUT2D eigenvalue weighted by Crippen LogP contribution is -2.14. The molecule has 0 radical (unpaired) electrons. The fourth-order valence-corrected chi connectivity index (χ4v) is 1.42. The molecule has 0 bridgehead atoms. The fourth-order valence-electron chi connectivity index (χ4n) is 1.42. The average molecular weight is 284 g/mol. The number of ether oxygens (including phenoxy) is 3. The first kappa shape index (κ1) is 16.4. The van der Waals surface area contributed by atoms with Crippen molar-refractivity contribution >= 4 is 5.97 Å². The van der Waals surface area contributed by atoms with E-state index in [1.54, 1.807) is 12.1 Å². The van der Waals surface area contributed by atoms with Gasteiger partial charge in [-0.2, -0.15) is 0 Å². The first-order chi connectivity index (χ1) is 9.59. The van der Waals surface area contributed by atoms with Crippen molar-refractivity contribution < 1.29 is 23.4 Å². The highest BCUT2D eigenvalue weighted by Crippen LogP contribution is 2.14. The Morgan fingerprint density at radius 1 is 1.20 bits per heavy atom. The third-order valence-electron chi connectivity index (χ3n) is 2.34. The number of hydrogen-bond acceptors (Lipinski definition) is 4. The molecule has 0 N–H and O–H groups in total. The fraction of sp³-hybridized carbons (Fsp3) is 0.533. The number of hydrogen-bond donors (Lipinski definition) is 0. The van der Waals surface area contributed by atoms with Crippen LogP contribution in [-0.4, -0.2) is 32.4 Å². The van der Waals surface area contributed by atoms with Crippen molar-refractivity contribution in [2.75, 3.05) is 26.4 Å². The lowest BCUT2D eigenvalue weighted by atomic mass is 10.2. The maximum absolute atomic E-state index is 13.2. The maximum Gasteiger partial charge on any atom is 0.308 e. The van der Waals surface area contributed by atoms with E-state index in [-0.39, 0.29) is 31.4 Å². The van der Waals surface area contributed by atoms with E-state index in [4.69, 9.17) is 14.2 Å². The van der Waals surface area contributed by atoms with Crippen LogP contribution in [-0.2, 0) is 14.3 Å². The van der Waals surface area contributed by atoms with E-state index in [2.05, 4.69) is 0 Å². The van der Waals surface area contributed by atoms with Crippen molar-refractivity contribution in [1.29, 1.82) is 0 Å². The van der Waals surface area contributed by atoms with Gasteiger partial charge in [0.15, 0.2) is 11.6 Å². The summed E-state index contributed by atoms with van der Waals surface area (Å²) in [6, 6.07) is 6.10. The molecule has 0 atom stereocenters. The van der Waals surface area contributed by atoms with Crippen LogP contribution in [0.2, 0.25) is 0 Å².